The first-order valence-electron chi connectivity index (χ1n) is 10.7. The number of hydrogen-bond acceptors (Lipinski definition) is 3. The standard InChI is InChI=1S/C23H34N2O2/c1-17(2)18-9-11-19(12-10-18)24-15-13-23(14-16-24)21(27-3)22(26)25(23)20-7-5-4-6-8-20/h4-8,17-19,21H,9-16H2,1-3H3/t18?,19?,21-/m0/s1. The number of benzene rings is 1. The van der Waals surface area contributed by atoms with Crippen LogP contribution in [0, 0.1) is 11.8 Å². The molecule has 3 aliphatic rings. The summed E-state index contributed by atoms with van der Waals surface area (Å²) in [6.45, 7) is 6.89. The lowest BCUT2D eigenvalue weighted by atomic mass is 9.71. The molecular weight excluding hydrogens is 336 g/mol. The molecule has 0 unspecified atom stereocenters. The Bertz CT molecular complexity index is 644. The largest absolute Gasteiger partial charge is 0.369 e. The van der Waals surface area contributed by atoms with Crippen LogP contribution in [0.25, 0.3) is 0 Å². The number of methoxy groups -OCH3 is 1. The number of carbonyl (C=O) groups excluding carboxylic acids is 1. The summed E-state index contributed by atoms with van der Waals surface area (Å²) >= 11 is 0. The van der Waals surface area contributed by atoms with Crippen molar-refractivity contribution in [2.24, 2.45) is 11.8 Å². The van der Waals surface area contributed by atoms with Crippen molar-refractivity contribution in [3.05, 3.63) is 30.3 Å². The van der Waals surface area contributed by atoms with Crippen molar-refractivity contribution in [2.45, 2.75) is 70.1 Å². The molecule has 2 aliphatic heterocycles. The number of carbonyl (C=O) groups is 1. The van der Waals surface area contributed by atoms with Crippen molar-refractivity contribution >= 4 is 11.6 Å². The summed E-state index contributed by atoms with van der Waals surface area (Å²) in [5.41, 5.74) is 0.862. The minimum absolute atomic E-state index is 0.120. The lowest BCUT2D eigenvalue weighted by Crippen LogP contribution is -2.78. The van der Waals surface area contributed by atoms with Gasteiger partial charge in [-0.1, -0.05) is 32.0 Å². The average molecular weight is 371 g/mol. The van der Waals surface area contributed by atoms with E-state index >= 15 is 0 Å². The first kappa shape index (κ1) is 18.9. The van der Waals surface area contributed by atoms with Crippen LogP contribution in [-0.2, 0) is 9.53 Å². The second-order valence-electron chi connectivity index (χ2n) is 9.08. The molecule has 4 heteroatoms. The van der Waals surface area contributed by atoms with Crippen LogP contribution in [0.5, 0.6) is 0 Å². The number of ether oxygens (including phenoxy) is 1. The van der Waals surface area contributed by atoms with E-state index in [4.69, 9.17) is 4.74 Å². The highest BCUT2D eigenvalue weighted by Gasteiger charge is 2.61. The molecule has 0 bridgehead atoms. The second kappa shape index (κ2) is 7.56. The number of anilines is 1. The van der Waals surface area contributed by atoms with Crippen LogP contribution in [0.15, 0.2) is 30.3 Å². The van der Waals surface area contributed by atoms with Gasteiger partial charge in [0.15, 0.2) is 6.10 Å². The first-order valence-corrected chi connectivity index (χ1v) is 10.7. The van der Waals surface area contributed by atoms with Crippen LogP contribution in [0.2, 0.25) is 0 Å². The van der Waals surface area contributed by atoms with E-state index in [0.29, 0.717) is 0 Å². The van der Waals surface area contributed by atoms with Gasteiger partial charge in [-0.05, 0) is 62.5 Å². The average Bonchev–Trinajstić information content (AvgIpc) is 2.70. The zero-order valence-electron chi connectivity index (χ0n) is 17.1. The minimum Gasteiger partial charge on any atom is -0.369 e. The maximum atomic E-state index is 12.7. The number of likely N-dealkylation sites (tertiary alicyclic amines) is 1. The van der Waals surface area contributed by atoms with E-state index in [2.05, 4.69) is 18.7 Å². The SMILES string of the molecule is CO[C@H]1C(=O)N(c2ccccc2)C12CCN(C1CCC(C(C)C)CC1)CC2. The maximum absolute atomic E-state index is 12.7. The van der Waals surface area contributed by atoms with Crippen LogP contribution in [0.3, 0.4) is 0 Å². The summed E-state index contributed by atoms with van der Waals surface area (Å²) in [7, 11) is 1.69. The van der Waals surface area contributed by atoms with Crippen molar-refractivity contribution in [3.8, 4) is 0 Å². The van der Waals surface area contributed by atoms with E-state index in [-0.39, 0.29) is 17.6 Å². The molecule has 1 spiro atoms. The van der Waals surface area contributed by atoms with Crippen molar-refractivity contribution in [3.63, 3.8) is 0 Å². The molecule has 2 saturated heterocycles. The summed E-state index contributed by atoms with van der Waals surface area (Å²) < 4.78 is 5.65. The van der Waals surface area contributed by atoms with Gasteiger partial charge < -0.3 is 14.5 Å². The molecule has 27 heavy (non-hydrogen) atoms. The lowest BCUT2D eigenvalue weighted by molar-refractivity contribution is -0.151. The van der Waals surface area contributed by atoms with E-state index in [9.17, 15) is 4.79 Å². The highest BCUT2D eigenvalue weighted by molar-refractivity contribution is 6.06. The van der Waals surface area contributed by atoms with Crippen LogP contribution >= 0.6 is 0 Å². The Morgan fingerprint density at radius 1 is 1.04 bits per heavy atom. The number of nitrogens with zero attached hydrogens (tertiary/aromatic N) is 2. The Balaban J connectivity index is 1.43. The molecule has 1 atom stereocenters. The molecule has 1 aromatic carbocycles. The van der Waals surface area contributed by atoms with E-state index in [1.54, 1.807) is 7.11 Å². The van der Waals surface area contributed by atoms with Gasteiger partial charge in [-0.25, -0.2) is 0 Å². The molecule has 3 fully saturated rings. The monoisotopic (exact) mass is 370 g/mol. The number of piperidine rings is 1. The van der Waals surface area contributed by atoms with Gasteiger partial charge in [-0.2, -0.15) is 0 Å². The maximum Gasteiger partial charge on any atom is 0.259 e. The van der Waals surface area contributed by atoms with Crippen molar-refractivity contribution < 1.29 is 9.53 Å². The van der Waals surface area contributed by atoms with Crippen molar-refractivity contribution in [1.82, 2.24) is 4.90 Å². The van der Waals surface area contributed by atoms with Gasteiger partial charge in [-0.3, -0.25) is 4.79 Å². The third kappa shape index (κ3) is 3.21. The van der Waals surface area contributed by atoms with Crippen LogP contribution in [0.4, 0.5) is 5.69 Å². The summed E-state index contributed by atoms with van der Waals surface area (Å²) in [5, 5.41) is 0. The quantitative estimate of drug-likeness (QED) is 0.748. The number of rotatable bonds is 4. The van der Waals surface area contributed by atoms with E-state index in [1.165, 1.54) is 25.7 Å². The Hall–Kier alpha value is -1.39. The number of β-lactam (4-membered cyclic amide) rings is 1. The fourth-order valence-electron chi connectivity index (χ4n) is 5.79. The van der Waals surface area contributed by atoms with Crippen LogP contribution < -0.4 is 4.90 Å². The van der Waals surface area contributed by atoms with Gasteiger partial charge in [0, 0.05) is 31.9 Å². The van der Waals surface area contributed by atoms with E-state index in [0.717, 1.165) is 49.5 Å². The van der Waals surface area contributed by atoms with Crippen LogP contribution in [-0.4, -0.2) is 48.7 Å². The number of hydrogen-bond donors (Lipinski definition) is 0. The smallest absolute Gasteiger partial charge is 0.259 e. The number of amides is 1. The molecule has 4 nitrogen and oxygen atoms in total. The fraction of sp³-hybridized carbons (Fsp3) is 0.696. The summed E-state index contributed by atoms with van der Waals surface area (Å²) in [6.07, 6.45) is 7.16. The zero-order valence-corrected chi connectivity index (χ0v) is 17.1. The Morgan fingerprint density at radius 3 is 2.22 bits per heavy atom. The molecule has 1 amide bonds. The molecule has 148 valence electrons. The molecule has 2 heterocycles. The third-order valence-corrected chi connectivity index (χ3v) is 7.49. The molecule has 0 N–H and O–H groups in total. The van der Waals surface area contributed by atoms with Crippen molar-refractivity contribution in [2.75, 3.05) is 25.1 Å². The molecule has 1 saturated carbocycles. The van der Waals surface area contributed by atoms with E-state index < -0.39 is 0 Å². The lowest BCUT2D eigenvalue weighted by Gasteiger charge is -2.60. The predicted octanol–water partition coefficient (Wildman–Crippen LogP) is 4.10. The van der Waals surface area contributed by atoms with Crippen molar-refractivity contribution in [1.29, 1.82) is 0 Å². The Morgan fingerprint density at radius 2 is 1.67 bits per heavy atom. The minimum atomic E-state index is -0.281. The van der Waals surface area contributed by atoms with Gasteiger partial charge in [0.05, 0.1) is 5.54 Å². The predicted molar refractivity (Wildman–Crippen MR) is 109 cm³/mol. The molecule has 1 aliphatic carbocycles. The fourth-order valence-corrected chi connectivity index (χ4v) is 5.79. The van der Waals surface area contributed by atoms with Gasteiger partial charge in [0.25, 0.3) is 5.91 Å². The van der Waals surface area contributed by atoms with Gasteiger partial charge in [0.2, 0.25) is 0 Å². The number of para-hydroxylation sites is 1. The van der Waals surface area contributed by atoms with Gasteiger partial charge in [-0.15, -0.1) is 0 Å². The van der Waals surface area contributed by atoms with Gasteiger partial charge >= 0.3 is 0 Å². The Labute approximate surface area is 163 Å². The molecular formula is C23H34N2O2. The molecule has 0 radical (unpaired) electrons. The van der Waals surface area contributed by atoms with E-state index in [1.807, 2.05) is 35.2 Å². The summed E-state index contributed by atoms with van der Waals surface area (Å²) in [4.78, 5) is 17.5. The Kier molecular flexibility index (Phi) is 5.30. The normalized spacial score (nSPS) is 31.3. The third-order valence-electron chi connectivity index (χ3n) is 7.49. The topological polar surface area (TPSA) is 32.8 Å². The van der Waals surface area contributed by atoms with Gasteiger partial charge in [0.1, 0.15) is 0 Å². The zero-order chi connectivity index (χ0) is 19.0. The highest BCUT2D eigenvalue weighted by atomic mass is 16.5. The first-order chi connectivity index (χ1) is 13.1. The van der Waals surface area contributed by atoms with Crippen LogP contribution in [0.1, 0.15) is 52.4 Å². The molecule has 4 rings (SSSR count). The molecule has 1 aromatic rings. The highest BCUT2D eigenvalue weighted by Crippen LogP contribution is 2.46. The summed E-state index contributed by atoms with van der Waals surface area (Å²) in [6, 6.07) is 10.9. The molecule has 0 aromatic heterocycles. The second-order valence-corrected chi connectivity index (χ2v) is 9.08. The summed E-state index contributed by atoms with van der Waals surface area (Å²) in [5.74, 6) is 1.85.